The average molecular weight is 561 g/mol. The molecule has 0 saturated carbocycles. The summed E-state index contributed by atoms with van der Waals surface area (Å²) in [6.45, 7) is 17.7. The van der Waals surface area contributed by atoms with Crippen molar-refractivity contribution < 1.29 is 9.53 Å². The SMILES string of the molecule is C=CCCCCCCC(CCCCCCCCC)OC(=O)C=C(C)CCCC(C)CCCC(C)CCCC(C)C. The molecule has 0 fully saturated rings. The average Bonchev–Trinajstić information content (AvgIpc) is 2.89. The normalized spacial score (nSPS) is 14.3. The van der Waals surface area contributed by atoms with Crippen molar-refractivity contribution in [1.29, 1.82) is 0 Å². The Balaban J connectivity index is 4.32. The first kappa shape index (κ1) is 39.0. The van der Waals surface area contributed by atoms with Crippen LogP contribution in [-0.2, 0) is 9.53 Å². The van der Waals surface area contributed by atoms with Gasteiger partial charge in [0.25, 0.3) is 0 Å². The second kappa shape index (κ2) is 28.1. The molecule has 0 N–H and O–H groups in total. The van der Waals surface area contributed by atoms with Gasteiger partial charge in [-0.2, -0.15) is 0 Å². The zero-order valence-electron chi connectivity index (χ0n) is 28.3. The Morgan fingerprint density at radius 3 is 1.70 bits per heavy atom. The lowest BCUT2D eigenvalue weighted by atomic mass is 9.91. The van der Waals surface area contributed by atoms with E-state index < -0.39 is 0 Å². The monoisotopic (exact) mass is 561 g/mol. The number of esters is 1. The van der Waals surface area contributed by atoms with Crippen molar-refractivity contribution >= 4 is 5.97 Å². The van der Waals surface area contributed by atoms with Crippen molar-refractivity contribution in [2.45, 2.75) is 195 Å². The Morgan fingerprint density at radius 2 is 1.15 bits per heavy atom. The number of carbonyl (C=O) groups excluding carboxylic acids is 1. The molecule has 0 rings (SSSR count). The number of hydrogen-bond donors (Lipinski definition) is 0. The minimum atomic E-state index is -0.114. The maximum absolute atomic E-state index is 12.7. The molecule has 236 valence electrons. The minimum Gasteiger partial charge on any atom is -0.459 e. The van der Waals surface area contributed by atoms with Crippen LogP contribution >= 0.6 is 0 Å². The second-order valence-electron chi connectivity index (χ2n) is 13.6. The van der Waals surface area contributed by atoms with Crippen LogP contribution in [0.2, 0.25) is 0 Å². The Morgan fingerprint density at radius 1 is 0.650 bits per heavy atom. The largest absolute Gasteiger partial charge is 0.459 e. The molecule has 2 nitrogen and oxygen atoms in total. The molecule has 0 saturated heterocycles. The molecule has 0 aromatic rings. The van der Waals surface area contributed by atoms with Gasteiger partial charge in [-0.3, -0.25) is 0 Å². The third-order valence-corrected chi connectivity index (χ3v) is 8.60. The van der Waals surface area contributed by atoms with E-state index in [0.717, 1.165) is 49.9 Å². The van der Waals surface area contributed by atoms with Gasteiger partial charge in [-0.1, -0.05) is 143 Å². The molecule has 40 heavy (non-hydrogen) atoms. The second-order valence-corrected chi connectivity index (χ2v) is 13.6. The van der Waals surface area contributed by atoms with Gasteiger partial charge >= 0.3 is 5.97 Å². The van der Waals surface area contributed by atoms with Crippen LogP contribution in [0.4, 0.5) is 0 Å². The van der Waals surface area contributed by atoms with Crippen molar-refractivity contribution in [3.8, 4) is 0 Å². The number of ether oxygens (including phenoxy) is 1. The van der Waals surface area contributed by atoms with Crippen molar-refractivity contribution in [3.63, 3.8) is 0 Å². The number of allylic oxidation sites excluding steroid dienone is 2. The molecule has 2 heteroatoms. The predicted molar refractivity (Wildman–Crippen MR) is 179 cm³/mol. The van der Waals surface area contributed by atoms with Gasteiger partial charge in [0.2, 0.25) is 0 Å². The van der Waals surface area contributed by atoms with E-state index in [1.807, 2.05) is 6.08 Å². The lowest BCUT2D eigenvalue weighted by Crippen LogP contribution is -2.17. The van der Waals surface area contributed by atoms with Crippen LogP contribution in [0.3, 0.4) is 0 Å². The summed E-state index contributed by atoms with van der Waals surface area (Å²) in [5.41, 5.74) is 1.18. The molecule has 0 spiro atoms. The van der Waals surface area contributed by atoms with Crippen LogP contribution in [0, 0.1) is 17.8 Å². The highest BCUT2D eigenvalue weighted by Crippen LogP contribution is 2.22. The summed E-state index contributed by atoms with van der Waals surface area (Å²) in [5, 5.41) is 0. The molecule has 0 amide bonds. The first-order valence-corrected chi connectivity index (χ1v) is 17.8. The highest BCUT2D eigenvalue weighted by molar-refractivity contribution is 5.82. The zero-order chi connectivity index (χ0) is 29.8. The third-order valence-electron chi connectivity index (χ3n) is 8.60. The fourth-order valence-corrected chi connectivity index (χ4v) is 5.78. The lowest BCUT2D eigenvalue weighted by molar-refractivity contribution is -0.143. The number of rotatable bonds is 29. The number of carbonyl (C=O) groups is 1. The summed E-state index contributed by atoms with van der Waals surface area (Å²) in [6.07, 6.45) is 32.7. The molecule has 0 aromatic carbocycles. The molecule has 0 aliphatic rings. The summed E-state index contributed by atoms with van der Waals surface area (Å²) in [6, 6.07) is 0. The van der Waals surface area contributed by atoms with Crippen molar-refractivity contribution in [3.05, 3.63) is 24.3 Å². The number of unbranched alkanes of at least 4 members (excludes halogenated alkanes) is 10. The fraction of sp³-hybridized carbons (Fsp3) is 0.868. The van der Waals surface area contributed by atoms with E-state index in [-0.39, 0.29) is 12.1 Å². The van der Waals surface area contributed by atoms with Crippen molar-refractivity contribution in [1.82, 2.24) is 0 Å². The fourth-order valence-electron chi connectivity index (χ4n) is 5.78. The Hall–Kier alpha value is -1.05. The number of hydrogen-bond acceptors (Lipinski definition) is 2. The summed E-state index contributed by atoms with van der Waals surface area (Å²) < 4.78 is 6.01. The van der Waals surface area contributed by atoms with Gasteiger partial charge in [0.05, 0.1) is 0 Å². The van der Waals surface area contributed by atoms with E-state index in [1.165, 1.54) is 121 Å². The molecular weight excluding hydrogens is 488 g/mol. The van der Waals surface area contributed by atoms with Crippen molar-refractivity contribution in [2.24, 2.45) is 17.8 Å². The van der Waals surface area contributed by atoms with Gasteiger partial charge in [0, 0.05) is 6.08 Å². The predicted octanol–water partition coefficient (Wildman–Crippen LogP) is 13.0. The summed E-state index contributed by atoms with van der Waals surface area (Å²) in [5.74, 6) is 2.37. The quantitative estimate of drug-likeness (QED) is 0.0393. The first-order chi connectivity index (χ1) is 19.3. The van der Waals surface area contributed by atoms with Crippen LogP contribution in [0.1, 0.15) is 189 Å². The zero-order valence-corrected chi connectivity index (χ0v) is 28.3. The van der Waals surface area contributed by atoms with Gasteiger partial charge < -0.3 is 4.74 Å². The van der Waals surface area contributed by atoms with Crippen LogP contribution in [0.5, 0.6) is 0 Å². The van der Waals surface area contributed by atoms with Gasteiger partial charge in [0.1, 0.15) is 6.10 Å². The molecule has 0 bridgehead atoms. The molecule has 3 atom stereocenters. The molecule has 0 aromatic heterocycles. The van der Waals surface area contributed by atoms with Crippen molar-refractivity contribution in [2.75, 3.05) is 0 Å². The van der Waals surface area contributed by atoms with E-state index >= 15 is 0 Å². The van der Waals surface area contributed by atoms with E-state index in [0.29, 0.717) is 0 Å². The standard InChI is InChI=1S/C38H72O2/c1-8-10-12-14-16-18-20-31-37(30-19-17-15-13-11-9-2)40-38(39)32-36(7)29-23-28-35(6)27-22-26-34(5)25-21-24-33(3)4/h9,32-35,37H,2,8,10-31H2,1,3-7H3. The molecule has 0 aliphatic carbocycles. The van der Waals surface area contributed by atoms with Crippen LogP contribution in [-0.4, -0.2) is 12.1 Å². The molecular formula is C38H72O2. The molecule has 0 aliphatic heterocycles. The lowest BCUT2D eigenvalue weighted by Gasteiger charge is -2.17. The van der Waals surface area contributed by atoms with Crippen LogP contribution in [0.15, 0.2) is 24.3 Å². The maximum atomic E-state index is 12.7. The van der Waals surface area contributed by atoms with E-state index in [9.17, 15) is 4.79 Å². The van der Waals surface area contributed by atoms with E-state index in [2.05, 4.69) is 48.1 Å². The maximum Gasteiger partial charge on any atom is 0.330 e. The Bertz CT molecular complexity index is 605. The Kier molecular flexibility index (Phi) is 27.4. The van der Waals surface area contributed by atoms with E-state index in [4.69, 9.17) is 4.74 Å². The van der Waals surface area contributed by atoms with Gasteiger partial charge in [0.15, 0.2) is 0 Å². The molecule has 3 unspecified atom stereocenters. The smallest absolute Gasteiger partial charge is 0.330 e. The highest BCUT2D eigenvalue weighted by Gasteiger charge is 2.14. The van der Waals surface area contributed by atoms with Gasteiger partial charge in [-0.15, -0.1) is 6.58 Å². The summed E-state index contributed by atoms with van der Waals surface area (Å²) in [7, 11) is 0. The molecule has 0 heterocycles. The summed E-state index contributed by atoms with van der Waals surface area (Å²) in [4.78, 5) is 12.7. The minimum absolute atomic E-state index is 0.0828. The Labute approximate surface area is 252 Å². The first-order valence-electron chi connectivity index (χ1n) is 17.8. The van der Waals surface area contributed by atoms with Crippen LogP contribution in [0.25, 0.3) is 0 Å². The van der Waals surface area contributed by atoms with Gasteiger partial charge in [-0.05, 0) is 76.0 Å². The molecule has 0 radical (unpaired) electrons. The van der Waals surface area contributed by atoms with E-state index in [1.54, 1.807) is 6.08 Å². The highest BCUT2D eigenvalue weighted by atomic mass is 16.5. The summed E-state index contributed by atoms with van der Waals surface area (Å²) >= 11 is 0. The topological polar surface area (TPSA) is 26.3 Å². The van der Waals surface area contributed by atoms with Crippen LogP contribution < -0.4 is 0 Å². The van der Waals surface area contributed by atoms with Gasteiger partial charge in [-0.25, -0.2) is 4.79 Å². The third kappa shape index (κ3) is 27.1.